The minimum absolute atomic E-state index is 0.216. The standard InChI is InChI=1S/C15H18N2O4S/c1-4-21-13(18)9-17-14(19)12(22-15(17)20)7-11-5-6-16(8-11)10(2)3/h5-8,10H,4,9H2,1-3H3/b12-7-. The molecule has 0 aliphatic carbocycles. The molecule has 1 fully saturated rings. The van der Waals surface area contributed by atoms with Crippen LogP contribution in [-0.2, 0) is 14.3 Å². The molecular weight excluding hydrogens is 304 g/mol. The Morgan fingerprint density at radius 1 is 1.41 bits per heavy atom. The van der Waals surface area contributed by atoms with E-state index in [1.807, 2.05) is 23.0 Å². The van der Waals surface area contributed by atoms with Gasteiger partial charge in [0, 0.05) is 18.4 Å². The van der Waals surface area contributed by atoms with E-state index in [1.165, 1.54) is 0 Å². The first kappa shape index (κ1) is 16.4. The van der Waals surface area contributed by atoms with Gasteiger partial charge in [0.2, 0.25) is 0 Å². The molecule has 6 nitrogen and oxygen atoms in total. The summed E-state index contributed by atoms with van der Waals surface area (Å²) in [5, 5.41) is -0.451. The zero-order valence-electron chi connectivity index (χ0n) is 12.7. The molecule has 1 aromatic heterocycles. The van der Waals surface area contributed by atoms with Gasteiger partial charge in [-0.25, -0.2) is 0 Å². The van der Waals surface area contributed by atoms with Crippen LogP contribution in [0, 0.1) is 0 Å². The van der Waals surface area contributed by atoms with Crippen LogP contribution in [0.4, 0.5) is 4.79 Å². The number of aromatic nitrogens is 1. The largest absolute Gasteiger partial charge is 0.465 e. The Balaban J connectivity index is 2.13. The molecule has 7 heteroatoms. The van der Waals surface area contributed by atoms with Crippen LogP contribution in [0.5, 0.6) is 0 Å². The van der Waals surface area contributed by atoms with E-state index in [4.69, 9.17) is 4.74 Å². The van der Waals surface area contributed by atoms with Gasteiger partial charge in [-0.15, -0.1) is 0 Å². The van der Waals surface area contributed by atoms with Crippen molar-refractivity contribution in [3.8, 4) is 0 Å². The molecule has 2 amide bonds. The van der Waals surface area contributed by atoms with Crippen LogP contribution in [0.1, 0.15) is 32.4 Å². The predicted molar refractivity (Wildman–Crippen MR) is 84.1 cm³/mol. The van der Waals surface area contributed by atoms with Gasteiger partial charge >= 0.3 is 5.97 Å². The van der Waals surface area contributed by atoms with Crippen molar-refractivity contribution in [2.24, 2.45) is 0 Å². The summed E-state index contributed by atoms with van der Waals surface area (Å²) in [6.07, 6.45) is 5.48. The van der Waals surface area contributed by atoms with Gasteiger partial charge in [-0.1, -0.05) is 0 Å². The third-order valence-corrected chi connectivity index (χ3v) is 4.00. The van der Waals surface area contributed by atoms with Gasteiger partial charge in [0.1, 0.15) is 6.54 Å². The number of imide groups is 1. The summed E-state index contributed by atoms with van der Waals surface area (Å²) in [7, 11) is 0. The van der Waals surface area contributed by atoms with Crippen LogP contribution < -0.4 is 0 Å². The van der Waals surface area contributed by atoms with Crippen LogP contribution in [0.3, 0.4) is 0 Å². The zero-order chi connectivity index (χ0) is 16.3. The molecule has 0 bridgehead atoms. The number of hydrogen-bond donors (Lipinski definition) is 0. The molecule has 1 aliphatic heterocycles. The van der Waals surface area contributed by atoms with E-state index in [0.29, 0.717) is 10.9 Å². The summed E-state index contributed by atoms with van der Waals surface area (Å²) < 4.78 is 6.78. The van der Waals surface area contributed by atoms with Gasteiger partial charge in [-0.05, 0) is 50.2 Å². The fourth-order valence-electron chi connectivity index (χ4n) is 1.96. The van der Waals surface area contributed by atoms with Crippen molar-refractivity contribution >= 4 is 35.0 Å². The SMILES string of the molecule is CCOC(=O)CN1C(=O)S/C(=C\c2ccn(C(C)C)c2)C1=O. The molecule has 0 unspecified atom stereocenters. The Kier molecular flexibility index (Phi) is 5.07. The van der Waals surface area contributed by atoms with Crippen LogP contribution in [0.25, 0.3) is 6.08 Å². The number of nitrogens with zero attached hydrogens (tertiary/aromatic N) is 2. The number of rotatable bonds is 5. The molecule has 0 aromatic carbocycles. The summed E-state index contributed by atoms with van der Waals surface area (Å²) in [6.45, 7) is 5.65. The van der Waals surface area contributed by atoms with E-state index in [0.717, 1.165) is 22.2 Å². The topological polar surface area (TPSA) is 68.6 Å². The minimum Gasteiger partial charge on any atom is -0.465 e. The van der Waals surface area contributed by atoms with Crippen molar-refractivity contribution in [1.29, 1.82) is 0 Å². The van der Waals surface area contributed by atoms with Gasteiger partial charge in [0.25, 0.3) is 11.1 Å². The van der Waals surface area contributed by atoms with Gasteiger partial charge in [0.15, 0.2) is 0 Å². The second kappa shape index (κ2) is 6.83. The summed E-state index contributed by atoms with van der Waals surface area (Å²) in [4.78, 5) is 36.7. The molecule has 0 saturated carbocycles. The van der Waals surface area contributed by atoms with Crippen molar-refractivity contribution < 1.29 is 19.1 Å². The van der Waals surface area contributed by atoms with Crippen molar-refractivity contribution in [1.82, 2.24) is 9.47 Å². The zero-order valence-corrected chi connectivity index (χ0v) is 13.6. The Bertz CT molecular complexity index is 633. The Morgan fingerprint density at radius 2 is 2.14 bits per heavy atom. The van der Waals surface area contributed by atoms with Crippen LogP contribution in [0.15, 0.2) is 23.4 Å². The van der Waals surface area contributed by atoms with Crippen molar-refractivity contribution in [2.45, 2.75) is 26.8 Å². The Hall–Kier alpha value is -2.02. The monoisotopic (exact) mass is 322 g/mol. The quantitative estimate of drug-likeness (QED) is 0.616. The normalized spacial score (nSPS) is 16.9. The Morgan fingerprint density at radius 3 is 2.73 bits per heavy atom. The molecule has 1 saturated heterocycles. The maximum atomic E-state index is 12.2. The summed E-state index contributed by atoms with van der Waals surface area (Å²) >= 11 is 0.836. The van der Waals surface area contributed by atoms with E-state index in [9.17, 15) is 14.4 Å². The fraction of sp³-hybridized carbons (Fsp3) is 0.400. The highest BCUT2D eigenvalue weighted by Gasteiger charge is 2.36. The van der Waals surface area contributed by atoms with Crippen molar-refractivity contribution in [2.75, 3.05) is 13.2 Å². The van der Waals surface area contributed by atoms with Crippen LogP contribution in [-0.4, -0.2) is 39.7 Å². The lowest BCUT2D eigenvalue weighted by molar-refractivity contribution is -0.145. The molecule has 0 spiro atoms. The van der Waals surface area contributed by atoms with Gasteiger partial charge in [-0.3, -0.25) is 19.3 Å². The molecule has 1 aliphatic rings. The molecule has 1 aromatic rings. The number of carbonyl (C=O) groups excluding carboxylic acids is 3. The highest BCUT2D eigenvalue weighted by molar-refractivity contribution is 8.18. The lowest BCUT2D eigenvalue weighted by Crippen LogP contribution is -2.34. The lowest BCUT2D eigenvalue weighted by Gasteiger charge is -2.10. The number of amides is 2. The van der Waals surface area contributed by atoms with E-state index >= 15 is 0 Å². The highest BCUT2D eigenvalue weighted by Crippen LogP contribution is 2.32. The molecule has 118 valence electrons. The number of thioether (sulfide) groups is 1. The number of carbonyl (C=O) groups is 3. The molecule has 0 N–H and O–H groups in total. The molecule has 0 radical (unpaired) electrons. The second-order valence-electron chi connectivity index (χ2n) is 5.06. The number of esters is 1. The minimum atomic E-state index is -0.586. The van der Waals surface area contributed by atoms with E-state index < -0.39 is 17.1 Å². The smallest absolute Gasteiger partial charge is 0.326 e. The van der Waals surface area contributed by atoms with E-state index in [1.54, 1.807) is 13.0 Å². The first-order valence-electron chi connectivity index (χ1n) is 7.00. The average molecular weight is 322 g/mol. The lowest BCUT2D eigenvalue weighted by atomic mass is 10.3. The molecule has 0 atom stereocenters. The van der Waals surface area contributed by atoms with Gasteiger partial charge < -0.3 is 9.30 Å². The Labute approximate surface area is 133 Å². The maximum Gasteiger partial charge on any atom is 0.326 e. The van der Waals surface area contributed by atoms with Gasteiger partial charge in [0.05, 0.1) is 11.5 Å². The average Bonchev–Trinajstić information content (AvgIpc) is 3.01. The summed E-state index contributed by atoms with van der Waals surface area (Å²) in [5.74, 6) is -1.04. The summed E-state index contributed by atoms with van der Waals surface area (Å²) in [5.41, 5.74) is 0.843. The van der Waals surface area contributed by atoms with Gasteiger partial charge in [-0.2, -0.15) is 0 Å². The first-order chi connectivity index (χ1) is 10.4. The highest BCUT2D eigenvalue weighted by atomic mass is 32.2. The first-order valence-corrected chi connectivity index (χ1v) is 7.82. The fourth-order valence-corrected chi connectivity index (χ4v) is 2.80. The summed E-state index contributed by atoms with van der Waals surface area (Å²) in [6, 6.07) is 2.19. The van der Waals surface area contributed by atoms with Crippen molar-refractivity contribution in [3.63, 3.8) is 0 Å². The second-order valence-corrected chi connectivity index (χ2v) is 6.05. The molecule has 22 heavy (non-hydrogen) atoms. The van der Waals surface area contributed by atoms with Crippen LogP contribution >= 0.6 is 11.8 Å². The maximum absolute atomic E-state index is 12.2. The number of ether oxygens (including phenoxy) is 1. The molecule has 2 rings (SSSR count). The third-order valence-electron chi connectivity index (χ3n) is 3.10. The molecule has 2 heterocycles. The number of hydrogen-bond acceptors (Lipinski definition) is 5. The third kappa shape index (κ3) is 3.59. The predicted octanol–water partition coefficient (Wildman–Crippen LogP) is 2.67. The van der Waals surface area contributed by atoms with E-state index in [2.05, 4.69) is 13.8 Å². The van der Waals surface area contributed by atoms with E-state index in [-0.39, 0.29) is 13.2 Å². The van der Waals surface area contributed by atoms with Crippen LogP contribution in [0.2, 0.25) is 0 Å². The molecular formula is C15H18N2O4S. The van der Waals surface area contributed by atoms with Crippen molar-refractivity contribution in [3.05, 3.63) is 28.9 Å².